The molecule has 0 unspecified atom stereocenters. The molecule has 0 aliphatic carbocycles. The average Bonchev–Trinajstić information content (AvgIpc) is 3.17. The van der Waals surface area contributed by atoms with Crippen LogP contribution in [0, 0.1) is 6.92 Å². The second-order valence-corrected chi connectivity index (χ2v) is 8.81. The Hall–Kier alpha value is -2.49. The van der Waals surface area contributed by atoms with Crippen molar-refractivity contribution in [3.63, 3.8) is 0 Å². The Balaban J connectivity index is 1.57. The predicted molar refractivity (Wildman–Crippen MR) is 110 cm³/mol. The van der Waals surface area contributed by atoms with Crippen LogP contribution < -0.4 is 10.0 Å². The number of carbonyl (C=O) groups is 1. The minimum absolute atomic E-state index is 0.0483. The third-order valence-electron chi connectivity index (χ3n) is 4.15. The molecule has 2 heterocycles. The third-order valence-corrected chi connectivity index (χ3v) is 6.68. The molecule has 0 amide bonds. The molecule has 3 aromatic rings. The number of nitrogens with zero attached hydrogens (tertiary/aromatic N) is 1. The summed E-state index contributed by atoms with van der Waals surface area (Å²) in [5, 5.41) is 5.90. The number of benzene rings is 1. The molecule has 2 N–H and O–H groups in total. The molecular formula is C19H21N3O4S2. The molecule has 28 heavy (non-hydrogen) atoms. The number of anilines is 1. The van der Waals surface area contributed by atoms with Crippen molar-refractivity contribution in [3.8, 4) is 0 Å². The Morgan fingerprint density at radius 2 is 2.04 bits per heavy atom. The van der Waals surface area contributed by atoms with Gasteiger partial charge in [-0.2, -0.15) is 0 Å². The van der Waals surface area contributed by atoms with Crippen molar-refractivity contribution >= 4 is 43.9 Å². The summed E-state index contributed by atoms with van der Waals surface area (Å²) in [5.74, 6) is -0.656. The highest BCUT2D eigenvalue weighted by Gasteiger charge is 2.24. The molecule has 0 aliphatic heterocycles. The maximum atomic E-state index is 12.4. The van der Waals surface area contributed by atoms with E-state index in [-0.39, 0.29) is 16.3 Å². The van der Waals surface area contributed by atoms with Crippen LogP contribution in [0.1, 0.15) is 21.7 Å². The Labute approximate surface area is 167 Å². The summed E-state index contributed by atoms with van der Waals surface area (Å²) in [6.07, 6.45) is 2.32. The van der Waals surface area contributed by atoms with Crippen molar-refractivity contribution in [1.82, 2.24) is 9.71 Å². The Kier molecular flexibility index (Phi) is 6.28. The van der Waals surface area contributed by atoms with E-state index in [0.29, 0.717) is 13.0 Å². The van der Waals surface area contributed by atoms with Gasteiger partial charge >= 0.3 is 5.97 Å². The van der Waals surface area contributed by atoms with Crippen LogP contribution in [0.15, 0.2) is 46.8 Å². The predicted octanol–water partition coefficient (Wildman–Crippen LogP) is 3.17. The second-order valence-electron chi connectivity index (χ2n) is 6.16. The molecule has 1 aromatic carbocycles. The van der Waals surface area contributed by atoms with E-state index in [2.05, 4.69) is 19.8 Å². The number of hydrogen-bond donors (Lipinski definition) is 2. The van der Waals surface area contributed by atoms with Gasteiger partial charge in [0.2, 0.25) is 10.0 Å². The normalized spacial score (nSPS) is 11.5. The second kappa shape index (κ2) is 8.68. The topological polar surface area (TPSA) is 97.4 Å². The molecule has 0 aliphatic rings. The van der Waals surface area contributed by atoms with Gasteiger partial charge in [-0.15, -0.1) is 11.3 Å². The number of sulfonamides is 1. The van der Waals surface area contributed by atoms with E-state index in [1.807, 2.05) is 31.2 Å². The molecule has 0 atom stereocenters. The first-order chi connectivity index (χ1) is 13.4. The molecule has 0 fully saturated rings. The quantitative estimate of drug-likeness (QED) is 0.430. The number of aromatic nitrogens is 1. The number of rotatable bonds is 8. The lowest BCUT2D eigenvalue weighted by Gasteiger charge is -2.11. The van der Waals surface area contributed by atoms with Crippen LogP contribution in [-0.4, -0.2) is 39.6 Å². The van der Waals surface area contributed by atoms with Crippen molar-refractivity contribution in [2.75, 3.05) is 25.5 Å². The van der Waals surface area contributed by atoms with Crippen LogP contribution in [0.25, 0.3) is 10.9 Å². The maximum Gasteiger partial charge on any atom is 0.349 e. The lowest BCUT2D eigenvalue weighted by Crippen LogP contribution is -2.27. The molecule has 0 saturated carbocycles. The summed E-state index contributed by atoms with van der Waals surface area (Å²) < 4.78 is 32.0. The first-order valence-electron chi connectivity index (χ1n) is 8.67. The largest absolute Gasteiger partial charge is 0.465 e. The van der Waals surface area contributed by atoms with E-state index in [9.17, 15) is 13.2 Å². The van der Waals surface area contributed by atoms with Crippen LogP contribution in [0.5, 0.6) is 0 Å². The highest BCUT2D eigenvalue weighted by atomic mass is 32.2. The lowest BCUT2D eigenvalue weighted by molar-refractivity contribution is 0.0602. The van der Waals surface area contributed by atoms with Crippen LogP contribution in [0.3, 0.4) is 0 Å². The van der Waals surface area contributed by atoms with E-state index in [4.69, 9.17) is 0 Å². The SMILES string of the molecule is COC(=O)c1sccc1S(=O)(=O)NCCCNc1ccnc2cc(C)ccc12. The molecule has 0 saturated heterocycles. The van der Waals surface area contributed by atoms with Gasteiger partial charge in [-0.3, -0.25) is 4.98 Å². The number of carbonyl (C=O) groups excluding carboxylic acids is 1. The number of thiophene rings is 1. The molecule has 2 aromatic heterocycles. The van der Waals surface area contributed by atoms with Gasteiger partial charge in [0.15, 0.2) is 0 Å². The van der Waals surface area contributed by atoms with Crippen molar-refractivity contribution in [2.24, 2.45) is 0 Å². The van der Waals surface area contributed by atoms with Crippen LogP contribution in [0.4, 0.5) is 5.69 Å². The van der Waals surface area contributed by atoms with Gasteiger partial charge in [-0.05, 0) is 42.5 Å². The molecular weight excluding hydrogens is 398 g/mol. The first-order valence-corrected chi connectivity index (χ1v) is 11.0. The molecule has 0 bridgehead atoms. The number of esters is 1. The zero-order valence-electron chi connectivity index (χ0n) is 15.6. The van der Waals surface area contributed by atoms with Gasteiger partial charge in [-0.1, -0.05) is 12.1 Å². The molecule has 0 spiro atoms. The van der Waals surface area contributed by atoms with Crippen molar-refractivity contribution in [3.05, 3.63) is 52.3 Å². The summed E-state index contributed by atoms with van der Waals surface area (Å²) in [5.41, 5.74) is 3.02. The Bertz CT molecular complexity index is 1090. The first kappa shape index (κ1) is 20.2. The average molecular weight is 420 g/mol. The monoisotopic (exact) mass is 419 g/mol. The van der Waals surface area contributed by atoms with Gasteiger partial charge in [0.1, 0.15) is 9.77 Å². The zero-order valence-corrected chi connectivity index (χ0v) is 17.2. The van der Waals surface area contributed by atoms with E-state index in [1.165, 1.54) is 13.2 Å². The highest BCUT2D eigenvalue weighted by Crippen LogP contribution is 2.23. The number of ether oxygens (including phenoxy) is 1. The summed E-state index contributed by atoms with van der Waals surface area (Å²) >= 11 is 1.04. The fourth-order valence-electron chi connectivity index (χ4n) is 2.76. The smallest absolute Gasteiger partial charge is 0.349 e. The van der Waals surface area contributed by atoms with Crippen LogP contribution >= 0.6 is 11.3 Å². The van der Waals surface area contributed by atoms with Gasteiger partial charge < -0.3 is 10.1 Å². The summed E-state index contributed by atoms with van der Waals surface area (Å²) in [7, 11) is -2.54. The number of nitrogens with one attached hydrogen (secondary N) is 2. The fraction of sp³-hybridized carbons (Fsp3) is 0.263. The number of aryl methyl sites for hydroxylation is 1. The summed E-state index contributed by atoms with van der Waals surface area (Å²) in [6, 6.07) is 9.38. The van der Waals surface area contributed by atoms with Crippen molar-refractivity contribution < 1.29 is 17.9 Å². The number of methoxy groups -OCH3 is 1. The summed E-state index contributed by atoms with van der Waals surface area (Å²) in [6.45, 7) is 2.85. The lowest BCUT2D eigenvalue weighted by atomic mass is 10.1. The fourth-order valence-corrected chi connectivity index (χ4v) is 5.17. The van der Waals surface area contributed by atoms with Crippen molar-refractivity contribution in [2.45, 2.75) is 18.2 Å². The van der Waals surface area contributed by atoms with Gasteiger partial charge in [0.25, 0.3) is 0 Å². The van der Waals surface area contributed by atoms with Gasteiger partial charge in [-0.25, -0.2) is 17.9 Å². The molecule has 0 radical (unpaired) electrons. The van der Waals surface area contributed by atoms with E-state index in [0.717, 1.165) is 33.5 Å². The minimum Gasteiger partial charge on any atom is -0.465 e. The number of fused-ring (bicyclic) bond motifs is 1. The number of hydrogen-bond acceptors (Lipinski definition) is 7. The van der Waals surface area contributed by atoms with E-state index in [1.54, 1.807) is 11.6 Å². The minimum atomic E-state index is -3.77. The molecule has 148 valence electrons. The summed E-state index contributed by atoms with van der Waals surface area (Å²) in [4.78, 5) is 16.1. The molecule has 3 rings (SSSR count). The van der Waals surface area contributed by atoms with Crippen LogP contribution in [-0.2, 0) is 14.8 Å². The maximum absolute atomic E-state index is 12.4. The molecule has 9 heteroatoms. The Morgan fingerprint density at radius 3 is 2.82 bits per heavy atom. The van der Waals surface area contributed by atoms with Gasteiger partial charge in [0, 0.05) is 30.4 Å². The van der Waals surface area contributed by atoms with Crippen LogP contribution in [0.2, 0.25) is 0 Å². The third kappa shape index (κ3) is 4.49. The van der Waals surface area contributed by atoms with Gasteiger partial charge in [0.05, 0.1) is 12.6 Å². The Morgan fingerprint density at radius 1 is 1.21 bits per heavy atom. The molecule has 7 nitrogen and oxygen atoms in total. The highest BCUT2D eigenvalue weighted by molar-refractivity contribution is 7.89. The standard InChI is InChI=1S/C19H21N3O4S2/c1-13-4-5-14-15(6-10-21-16(14)12-13)20-8-3-9-22-28(24,25)17-7-11-27-18(17)19(23)26-2/h4-7,10-12,22H,3,8-9H2,1-2H3,(H,20,21). The number of pyridine rings is 1. The van der Waals surface area contributed by atoms with E-state index < -0.39 is 16.0 Å². The van der Waals surface area contributed by atoms with E-state index >= 15 is 0 Å². The zero-order chi connectivity index (χ0) is 20.1. The van der Waals surface area contributed by atoms with Crippen molar-refractivity contribution in [1.29, 1.82) is 0 Å².